The number of nitrogens with zero attached hydrogens (tertiary/aromatic N) is 3. The predicted molar refractivity (Wildman–Crippen MR) is 129 cm³/mol. The van der Waals surface area contributed by atoms with E-state index in [0.29, 0.717) is 21.6 Å². The van der Waals surface area contributed by atoms with Crippen LogP contribution in [0, 0.1) is 15.9 Å². The van der Waals surface area contributed by atoms with Gasteiger partial charge >= 0.3 is 11.7 Å². The molecule has 0 unspecified atom stereocenters. The van der Waals surface area contributed by atoms with E-state index in [2.05, 4.69) is 20.9 Å². The number of ether oxygens (including phenoxy) is 1. The molecule has 0 amide bonds. The van der Waals surface area contributed by atoms with Crippen molar-refractivity contribution in [2.24, 2.45) is 4.99 Å². The molecule has 0 fully saturated rings. The Hall–Kier alpha value is -3.64. The number of nitro benzene ring substituents is 1. The summed E-state index contributed by atoms with van der Waals surface area (Å²) in [5.41, 5.74) is 0.270. The number of benzene rings is 2. The molecule has 12 heteroatoms. The molecule has 0 bridgehead atoms. The summed E-state index contributed by atoms with van der Waals surface area (Å²) in [6.45, 7) is 3.40. The Morgan fingerprint density at radius 1 is 1.37 bits per heavy atom. The van der Waals surface area contributed by atoms with Gasteiger partial charge in [0.25, 0.3) is 5.56 Å². The van der Waals surface area contributed by atoms with E-state index in [1.807, 2.05) is 0 Å². The molecule has 9 nitrogen and oxygen atoms in total. The van der Waals surface area contributed by atoms with E-state index in [0.717, 1.165) is 17.4 Å². The van der Waals surface area contributed by atoms with Crippen molar-refractivity contribution in [3.05, 3.63) is 98.9 Å². The van der Waals surface area contributed by atoms with Crippen molar-refractivity contribution in [2.45, 2.75) is 19.9 Å². The molecule has 1 aliphatic rings. The first-order valence-electron chi connectivity index (χ1n) is 10.2. The molecular weight excluding hydrogens is 545 g/mol. The molecule has 2 aromatic carbocycles. The molecular formula is C23H17BrFN3O6S. The van der Waals surface area contributed by atoms with Gasteiger partial charge in [0.05, 0.1) is 37.8 Å². The number of allylic oxidation sites excluding steroid dienone is 1. The molecule has 35 heavy (non-hydrogen) atoms. The zero-order chi connectivity index (χ0) is 25.4. The SMILES string of the molecule is CCOC(=O)C1=C(C)N=c2s/c(=C\c3cc(Br)c(O)c([N+](=O)[O-])c3)c(=O)n2[C@H]1c1ccc(F)cc1. The number of nitro groups is 1. The van der Waals surface area contributed by atoms with Crippen LogP contribution in [0.2, 0.25) is 0 Å². The van der Waals surface area contributed by atoms with Crippen molar-refractivity contribution < 1.29 is 24.0 Å². The number of halogens is 2. The molecule has 0 saturated carbocycles. The van der Waals surface area contributed by atoms with Crippen molar-refractivity contribution in [2.75, 3.05) is 6.61 Å². The fourth-order valence-corrected chi connectivity index (χ4v) is 5.24. The lowest BCUT2D eigenvalue weighted by atomic mass is 9.96. The quantitative estimate of drug-likeness (QED) is 0.289. The average molecular weight is 562 g/mol. The van der Waals surface area contributed by atoms with Crippen LogP contribution in [0.3, 0.4) is 0 Å². The molecule has 1 atom stereocenters. The highest BCUT2D eigenvalue weighted by atomic mass is 79.9. The van der Waals surface area contributed by atoms with Crippen molar-refractivity contribution in [1.29, 1.82) is 0 Å². The van der Waals surface area contributed by atoms with E-state index in [1.54, 1.807) is 13.8 Å². The second kappa shape index (κ2) is 9.55. The Balaban J connectivity index is 1.96. The van der Waals surface area contributed by atoms with Crippen LogP contribution < -0.4 is 14.9 Å². The van der Waals surface area contributed by atoms with Gasteiger partial charge in [-0.2, -0.15) is 0 Å². The number of phenols is 1. The van der Waals surface area contributed by atoms with Crippen LogP contribution in [0.25, 0.3) is 6.08 Å². The summed E-state index contributed by atoms with van der Waals surface area (Å²) in [7, 11) is 0. The average Bonchev–Trinajstić information content (AvgIpc) is 3.10. The number of hydrogen-bond donors (Lipinski definition) is 1. The van der Waals surface area contributed by atoms with Gasteiger partial charge in [0.2, 0.25) is 5.75 Å². The standard InChI is InChI=1S/C23H17BrFN3O6S/c1-3-34-22(31)18-11(2)26-23-27(19(18)13-4-6-14(25)7-5-13)21(30)17(35-23)10-12-8-15(24)20(29)16(9-12)28(32)33/h4-10,19,29H,3H2,1-2H3/b17-10-/t19-/m0/s1. The number of aromatic hydroxyl groups is 1. The maximum atomic E-state index is 13.6. The Labute approximate surface area is 209 Å². The van der Waals surface area contributed by atoms with Gasteiger partial charge < -0.3 is 9.84 Å². The molecule has 0 aliphatic carbocycles. The molecule has 180 valence electrons. The first-order valence-corrected chi connectivity index (χ1v) is 11.8. The third kappa shape index (κ3) is 4.54. The fraction of sp³-hybridized carbons (Fsp3) is 0.174. The van der Waals surface area contributed by atoms with E-state index >= 15 is 0 Å². The Kier molecular flexibility index (Phi) is 6.68. The monoisotopic (exact) mass is 561 g/mol. The highest BCUT2D eigenvalue weighted by Gasteiger charge is 2.33. The molecule has 0 radical (unpaired) electrons. The number of hydrogen-bond acceptors (Lipinski definition) is 8. The third-order valence-corrected chi connectivity index (χ3v) is 6.85. The topological polar surface area (TPSA) is 124 Å². The maximum Gasteiger partial charge on any atom is 0.338 e. The lowest BCUT2D eigenvalue weighted by Gasteiger charge is -2.24. The highest BCUT2D eigenvalue weighted by Crippen LogP contribution is 2.35. The van der Waals surface area contributed by atoms with Crippen LogP contribution in [0.1, 0.15) is 31.0 Å². The molecule has 3 aromatic rings. The van der Waals surface area contributed by atoms with E-state index in [1.165, 1.54) is 41.0 Å². The highest BCUT2D eigenvalue weighted by molar-refractivity contribution is 9.10. The second-order valence-electron chi connectivity index (χ2n) is 7.48. The maximum absolute atomic E-state index is 13.6. The molecule has 4 rings (SSSR count). The fourth-order valence-electron chi connectivity index (χ4n) is 3.73. The number of carbonyl (C=O) groups excluding carboxylic acids is 1. The van der Waals surface area contributed by atoms with Crippen LogP contribution in [0.5, 0.6) is 5.75 Å². The summed E-state index contributed by atoms with van der Waals surface area (Å²) >= 11 is 4.12. The number of phenolic OH excluding ortho intramolecular Hbond substituents is 1. The van der Waals surface area contributed by atoms with Crippen molar-refractivity contribution in [3.63, 3.8) is 0 Å². The summed E-state index contributed by atoms with van der Waals surface area (Å²) < 4.78 is 20.4. The smallest absolute Gasteiger partial charge is 0.338 e. The molecule has 1 aliphatic heterocycles. The lowest BCUT2D eigenvalue weighted by Crippen LogP contribution is -2.39. The van der Waals surface area contributed by atoms with E-state index in [9.17, 15) is 29.2 Å². The van der Waals surface area contributed by atoms with Crippen LogP contribution >= 0.6 is 27.3 Å². The largest absolute Gasteiger partial charge is 0.501 e. The molecule has 0 spiro atoms. The van der Waals surface area contributed by atoms with Crippen LogP contribution in [0.15, 0.2) is 61.9 Å². The number of esters is 1. The molecule has 1 aromatic heterocycles. The number of rotatable bonds is 5. The zero-order valence-corrected chi connectivity index (χ0v) is 20.7. The first kappa shape index (κ1) is 24.5. The van der Waals surface area contributed by atoms with Gasteiger partial charge in [-0.15, -0.1) is 0 Å². The summed E-state index contributed by atoms with van der Waals surface area (Å²) in [6, 6.07) is 7.10. The van der Waals surface area contributed by atoms with Crippen molar-refractivity contribution in [1.82, 2.24) is 4.57 Å². The normalized spacial score (nSPS) is 15.5. The first-order chi connectivity index (χ1) is 16.6. The van der Waals surface area contributed by atoms with Crippen LogP contribution in [-0.4, -0.2) is 27.2 Å². The van der Waals surface area contributed by atoms with Gasteiger partial charge in [0.1, 0.15) is 5.82 Å². The predicted octanol–water partition coefficient (Wildman–Crippen LogP) is 3.31. The van der Waals surface area contributed by atoms with Gasteiger partial charge in [-0.25, -0.2) is 14.2 Å². The van der Waals surface area contributed by atoms with Crippen molar-refractivity contribution in [3.8, 4) is 5.75 Å². The lowest BCUT2D eigenvalue weighted by molar-refractivity contribution is -0.386. The number of thiazole rings is 1. The summed E-state index contributed by atoms with van der Waals surface area (Å²) in [6.07, 6.45) is 1.44. The van der Waals surface area contributed by atoms with E-state index < -0.39 is 39.7 Å². The minimum Gasteiger partial charge on any atom is -0.501 e. The van der Waals surface area contributed by atoms with Gasteiger partial charge in [-0.3, -0.25) is 19.5 Å². The van der Waals surface area contributed by atoms with Gasteiger partial charge in [0, 0.05) is 6.07 Å². The summed E-state index contributed by atoms with van der Waals surface area (Å²) in [5, 5.41) is 21.2. The number of aromatic nitrogens is 1. The van der Waals surface area contributed by atoms with Gasteiger partial charge in [-0.1, -0.05) is 23.5 Å². The Bertz CT molecular complexity index is 1580. The second-order valence-corrected chi connectivity index (χ2v) is 9.34. The Morgan fingerprint density at radius 3 is 2.69 bits per heavy atom. The van der Waals surface area contributed by atoms with E-state index in [4.69, 9.17) is 4.74 Å². The van der Waals surface area contributed by atoms with E-state index in [-0.39, 0.29) is 21.2 Å². The minimum absolute atomic E-state index is 0.0929. The minimum atomic E-state index is -0.908. The van der Waals surface area contributed by atoms with Crippen LogP contribution in [0.4, 0.5) is 10.1 Å². The zero-order valence-electron chi connectivity index (χ0n) is 18.3. The van der Waals surface area contributed by atoms with Crippen LogP contribution in [-0.2, 0) is 9.53 Å². The third-order valence-electron chi connectivity index (χ3n) is 5.26. The number of carbonyl (C=O) groups is 1. The molecule has 1 N–H and O–H groups in total. The van der Waals surface area contributed by atoms with Gasteiger partial charge in [0.15, 0.2) is 4.80 Å². The van der Waals surface area contributed by atoms with Gasteiger partial charge in [-0.05, 0) is 65.2 Å². The molecule has 2 heterocycles. The summed E-state index contributed by atoms with van der Waals surface area (Å²) in [4.78, 5) is 41.6. The number of fused-ring (bicyclic) bond motifs is 1. The summed E-state index contributed by atoms with van der Waals surface area (Å²) in [5.74, 6) is -1.64. The molecule has 0 saturated heterocycles. The Morgan fingerprint density at radius 2 is 2.06 bits per heavy atom. The van der Waals surface area contributed by atoms with Crippen molar-refractivity contribution >= 4 is 45.0 Å².